The topological polar surface area (TPSA) is 12.5 Å². The summed E-state index contributed by atoms with van der Waals surface area (Å²) in [5.41, 5.74) is 0.736. The van der Waals surface area contributed by atoms with Crippen LogP contribution < -0.4 is 0 Å². The molecule has 0 radical (unpaired) electrons. The third-order valence-electron chi connectivity index (χ3n) is 4.76. The van der Waals surface area contributed by atoms with Gasteiger partial charge in [-0.25, -0.2) is 0 Å². The molecule has 1 heterocycles. The number of hydrogen-bond donors (Lipinski definition) is 0. The zero-order valence-corrected chi connectivity index (χ0v) is 13.5. The van der Waals surface area contributed by atoms with Crippen molar-refractivity contribution in [1.82, 2.24) is 4.90 Å². The Morgan fingerprint density at radius 3 is 2.21 bits per heavy atom. The normalized spacial score (nSPS) is 24.3. The maximum absolute atomic E-state index is 5.92. The molecule has 0 atom stereocenters. The Bertz CT molecular complexity index is 262. The number of piperidine rings is 1. The van der Waals surface area contributed by atoms with E-state index >= 15 is 0 Å². The van der Waals surface area contributed by atoms with Crippen molar-refractivity contribution in [2.45, 2.75) is 78.4 Å². The first-order valence-electron chi connectivity index (χ1n) is 8.37. The molecule has 0 aromatic rings. The van der Waals surface area contributed by atoms with Crippen molar-refractivity contribution in [2.24, 2.45) is 11.3 Å². The molecule has 2 nitrogen and oxygen atoms in total. The van der Waals surface area contributed by atoms with Gasteiger partial charge < -0.3 is 9.64 Å². The van der Waals surface area contributed by atoms with E-state index in [-0.39, 0.29) is 0 Å². The molecule has 1 saturated heterocycles. The second-order valence-electron chi connectivity index (χ2n) is 7.57. The van der Waals surface area contributed by atoms with E-state index in [1.54, 1.807) is 0 Å². The molecule has 19 heavy (non-hydrogen) atoms. The zero-order chi connectivity index (χ0) is 13.9. The molecule has 2 heteroatoms. The molecule has 2 aliphatic rings. The van der Waals surface area contributed by atoms with E-state index in [1.165, 1.54) is 58.2 Å². The molecule has 0 unspecified atom stereocenters. The maximum Gasteiger partial charge on any atom is 0.0603 e. The molecular weight excluding hydrogens is 234 g/mol. The molecule has 0 amide bonds. The molecule has 2 fully saturated rings. The van der Waals surface area contributed by atoms with Crippen LogP contribution in [0.25, 0.3) is 0 Å². The highest BCUT2D eigenvalue weighted by Gasteiger charge is 2.42. The summed E-state index contributed by atoms with van der Waals surface area (Å²) < 4.78 is 5.92. The molecule has 0 aromatic heterocycles. The van der Waals surface area contributed by atoms with E-state index in [0.717, 1.165) is 11.3 Å². The van der Waals surface area contributed by atoms with Gasteiger partial charge in [0.15, 0.2) is 0 Å². The van der Waals surface area contributed by atoms with Crippen LogP contribution in [0.15, 0.2) is 0 Å². The zero-order valence-electron chi connectivity index (χ0n) is 13.5. The summed E-state index contributed by atoms with van der Waals surface area (Å²) in [4.78, 5) is 2.67. The highest BCUT2D eigenvalue weighted by atomic mass is 16.5. The summed E-state index contributed by atoms with van der Waals surface area (Å²) in [7, 11) is 0. The Balaban J connectivity index is 1.63. The van der Waals surface area contributed by atoms with Crippen LogP contribution in [0.1, 0.15) is 66.2 Å². The predicted octanol–water partition coefficient (Wildman–Crippen LogP) is 4.09. The Hall–Kier alpha value is -0.0800. The van der Waals surface area contributed by atoms with Crippen molar-refractivity contribution in [1.29, 1.82) is 0 Å². The first kappa shape index (κ1) is 15.3. The highest BCUT2D eigenvalue weighted by molar-refractivity contribution is 4.94. The van der Waals surface area contributed by atoms with Crippen LogP contribution in [0.4, 0.5) is 0 Å². The van der Waals surface area contributed by atoms with E-state index in [2.05, 4.69) is 32.6 Å². The molecule has 0 spiro atoms. The fourth-order valence-corrected chi connectivity index (χ4v) is 3.65. The van der Waals surface area contributed by atoms with Gasteiger partial charge in [0.1, 0.15) is 0 Å². The predicted molar refractivity (Wildman–Crippen MR) is 81.4 cm³/mol. The molecule has 0 N–H and O–H groups in total. The van der Waals surface area contributed by atoms with Crippen molar-refractivity contribution >= 4 is 0 Å². The molecule has 2 rings (SSSR count). The van der Waals surface area contributed by atoms with Gasteiger partial charge in [-0.15, -0.1) is 0 Å². The number of nitrogens with zero attached hydrogens (tertiary/aromatic N) is 1. The Labute approximate surface area is 119 Å². The van der Waals surface area contributed by atoms with Crippen molar-refractivity contribution in [3.8, 4) is 0 Å². The third kappa shape index (κ3) is 5.07. The van der Waals surface area contributed by atoms with Crippen LogP contribution in [0.3, 0.4) is 0 Å². The van der Waals surface area contributed by atoms with Crippen molar-refractivity contribution in [3.63, 3.8) is 0 Å². The van der Waals surface area contributed by atoms with Gasteiger partial charge >= 0.3 is 0 Å². The number of hydrogen-bond acceptors (Lipinski definition) is 2. The van der Waals surface area contributed by atoms with Crippen LogP contribution in [-0.4, -0.2) is 36.7 Å². The molecular formula is C17H33NO. The van der Waals surface area contributed by atoms with Gasteiger partial charge in [0.05, 0.1) is 12.2 Å². The summed E-state index contributed by atoms with van der Waals surface area (Å²) in [6.07, 6.45) is 9.21. The minimum Gasteiger partial charge on any atom is -0.375 e. The standard InChI is InChI=1S/C17H33NO/c1-14(2)13-17(7-8-17)9-12-18-10-5-16(6-11-18)19-15(3)4/h14-16H,5-13H2,1-4H3. The molecule has 1 aliphatic heterocycles. The molecule has 1 saturated carbocycles. The van der Waals surface area contributed by atoms with E-state index in [1.807, 2.05) is 0 Å². The van der Waals surface area contributed by atoms with Gasteiger partial charge in [-0.1, -0.05) is 13.8 Å². The van der Waals surface area contributed by atoms with Crippen molar-refractivity contribution in [3.05, 3.63) is 0 Å². The fraction of sp³-hybridized carbons (Fsp3) is 1.00. The summed E-state index contributed by atoms with van der Waals surface area (Å²) in [6, 6.07) is 0. The van der Waals surface area contributed by atoms with Crippen molar-refractivity contribution in [2.75, 3.05) is 19.6 Å². The van der Waals surface area contributed by atoms with Crippen LogP contribution in [0.5, 0.6) is 0 Å². The summed E-state index contributed by atoms with van der Waals surface area (Å²) in [6.45, 7) is 12.8. The van der Waals surface area contributed by atoms with E-state index in [9.17, 15) is 0 Å². The summed E-state index contributed by atoms with van der Waals surface area (Å²) >= 11 is 0. The first-order chi connectivity index (χ1) is 8.99. The molecule has 1 aliphatic carbocycles. The van der Waals surface area contributed by atoms with E-state index < -0.39 is 0 Å². The lowest BCUT2D eigenvalue weighted by molar-refractivity contribution is -0.0275. The van der Waals surface area contributed by atoms with E-state index in [0.29, 0.717) is 12.2 Å². The number of likely N-dealkylation sites (tertiary alicyclic amines) is 1. The minimum absolute atomic E-state index is 0.386. The second kappa shape index (κ2) is 6.58. The average Bonchev–Trinajstić information content (AvgIpc) is 3.07. The lowest BCUT2D eigenvalue weighted by Crippen LogP contribution is -2.39. The third-order valence-corrected chi connectivity index (χ3v) is 4.76. The van der Waals surface area contributed by atoms with Gasteiger partial charge in [-0.2, -0.15) is 0 Å². The molecule has 0 bridgehead atoms. The van der Waals surface area contributed by atoms with Gasteiger partial charge in [0.2, 0.25) is 0 Å². The smallest absolute Gasteiger partial charge is 0.0603 e. The van der Waals surface area contributed by atoms with Crippen LogP contribution in [0, 0.1) is 11.3 Å². The lowest BCUT2D eigenvalue weighted by atomic mass is 9.90. The Morgan fingerprint density at radius 1 is 1.11 bits per heavy atom. The van der Waals surface area contributed by atoms with Gasteiger partial charge in [0.25, 0.3) is 0 Å². The highest BCUT2D eigenvalue weighted by Crippen LogP contribution is 2.53. The van der Waals surface area contributed by atoms with E-state index in [4.69, 9.17) is 4.74 Å². The summed E-state index contributed by atoms with van der Waals surface area (Å²) in [5, 5.41) is 0. The lowest BCUT2D eigenvalue weighted by Gasteiger charge is -2.33. The Morgan fingerprint density at radius 2 is 1.74 bits per heavy atom. The number of ether oxygens (including phenoxy) is 1. The fourth-order valence-electron chi connectivity index (χ4n) is 3.65. The molecule has 112 valence electrons. The van der Waals surface area contributed by atoms with Gasteiger partial charge in [-0.05, 0) is 70.3 Å². The minimum atomic E-state index is 0.386. The van der Waals surface area contributed by atoms with Gasteiger partial charge in [-0.3, -0.25) is 0 Å². The quantitative estimate of drug-likeness (QED) is 0.689. The second-order valence-corrected chi connectivity index (χ2v) is 7.57. The van der Waals surface area contributed by atoms with Crippen molar-refractivity contribution < 1.29 is 4.74 Å². The van der Waals surface area contributed by atoms with Crippen LogP contribution in [0.2, 0.25) is 0 Å². The number of rotatable bonds is 7. The Kier molecular flexibility index (Phi) is 5.30. The van der Waals surface area contributed by atoms with Crippen LogP contribution in [-0.2, 0) is 4.74 Å². The SMILES string of the molecule is CC(C)CC1(CCN2CCC(OC(C)C)CC2)CC1. The first-order valence-corrected chi connectivity index (χ1v) is 8.37. The average molecular weight is 267 g/mol. The van der Waals surface area contributed by atoms with Crippen LogP contribution >= 0.6 is 0 Å². The maximum atomic E-state index is 5.92. The molecule has 0 aromatic carbocycles. The monoisotopic (exact) mass is 267 g/mol. The van der Waals surface area contributed by atoms with Gasteiger partial charge in [0, 0.05) is 13.1 Å². The largest absolute Gasteiger partial charge is 0.375 e. The summed E-state index contributed by atoms with van der Waals surface area (Å²) in [5.74, 6) is 0.868.